The number of nitrogens with zero attached hydrogens (tertiary/aromatic N) is 3. The highest BCUT2D eigenvalue weighted by molar-refractivity contribution is 7.00. The van der Waals surface area contributed by atoms with Crippen LogP contribution in [0.3, 0.4) is 0 Å². The van der Waals surface area contributed by atoms with E-state index in [1.54, 1.807) is 0 Å². The third-order valence-corrected chi connectivity index (χ3v) is 17.8. The number of aromatic nitrogens is 1. The van der Waals surface area contributed by atoms with Crippen LogP contribution in [0, 0.1) is 0 Å². The van der Waals surface area contributed by atoms with Gasteiger partial charge in [0, 0.05) is 50.0 Å². The van der Waals surface area contributed by atoms with Crippen molar-refractivity contribution in [2.45, 2.75) is 129 Å². The number of para-hydroxylation sites is 2. The summed E-state index contributed by atoms with van der Waals surface area (Å²) in [6.45, 7) is 26.3. The molecule has 1 saturated carbocycles. The smallest absolute Gasteiger partial charge is 0.252 e. The van der Waals surface area contributed by atoms with E-state index >= 15 is 0 Å². The van der Waals surface area contributed by atoms with Crippen molar-refractivity contribution in [3.8, 4) is 5.69 Å². The second-order valence-corrected chi connectivity index (χ2v) is 24.9. The van der Waals surface area contributed by atoms with E-state index in [1.807, 2.05) is 0 Å². The summed E-state index contributed by atoms with van der Waals surface area (Å²) in [6, 6.07) is 48.9. The first kappa shape index (κ1) is 42.2. The lowest BCUT2D eigenvalue weighted by Gasteiger charge is -2.50. The molecule has 6 heterocycles. The van der Waals surface area contributed by atoms with Gasteiger partial charge in [-0.25, -0.2) is 0 Å². The minimum absolute atomic E-state index is 0.00326. The molecule has 3 aromatic heterocycles. The maximum absolute atomic E-state index is 7.01. The average molecular weight is 916 g/mol. The van der Waals surface area contributed by atoms with Gasteiger partial charge >= 0.3 is 0 Å². The van der Waals surface area contributed by atoms with Crippen LogP contribution in [0.1, 0.15) is 124 Å². The minimum Gasteiger partial charge on any atom is -0.456 e. The van der Waals surface area contributed by atoms with Crippen molar-refractivity contribution < 1.29 is 8.83 Å². The SMILES string of the molecule is CC(C)(C)c1cc2c3c(c1)-n1c4c(cc(C(C)(C)C)cc4c4oc5ccccc5c41)B3c1ccc(N3c4ccc(C(C)(C)C)cc4C4(C)CCCCC34C)cc1N2c1cccc2oc3ccccc3c12. The Labute approximate surface area is 412 Å². The van der Waals surface area contributed by atoms with Crippen LogP contribution in [0.15, 0.2) is 136 Å². The Kier molecular flexibility index (Phi) is 8.21. The number of hydrogen-bond donors (Lipinski definition) is 0. The van der Waals surface area contributed by atoms with Gasteiger partial charge < -0.3 is 23.2 Å². The second kappa shape index (κ2) is 13.6. The average Bonchev–Trinajstić information content (AvgIpc) is 4.04. The Morgan fingerprint density at radius 3 is 1.93 bits per heavy atom. The van der Waals surface area contributed by atoms with E-state index in [0.29, 0.717) is 0 Å². The van der Waals surface area contributed by atoms with Crippen molar-refractivity contribution in [3.05, 3.63) is 150 Å². The van der Waals surface area contributed by atoms with Gasteiger partial charge in [0.05, 0.1) is 22.1 Å². The van der Waals surface area contributed by atoms with E-state index in [0.717, 1.165) is 56.1 Å². The Balaban J connectivity index is 1.13. The first-order valence-electron chi connectivity index (χ1n) is 25.8. The summed E-state index contributed by atoms with van der Waals surface area (Å²) in [5, 5.41) is 4.58. The number of benzene rings is 7. The molecule has 3 aliphatic heterocycles. The lowest BCUT2D eigenvalue weighted by molar-refractivity contribution is 0.195. The fraction of sp³-hybridized carbons (Fsp3) is 0.312. The zero-order chi connectivity index (χ0) is 48.2. The summed E-state index contributed by atoms with van der Waals surface area (Å²) in [7, 11) is 0. The predicted octanol–water partition coefficient (Wildman–Crippen LogP) is 15.7. The van der Waals surface area contributed by atoms with Gasteiger partial charge in [0.1, 0.15) is 22.3 Å². The Morgan fingerprint density at radius 1 is 0.500 bits per heavy atom. The van der Waals surface area contributed by atoms with E-state index < -0.39 is 0 Å². The van der Waals surface area contributed by atoms with Crippen LogP contribution in [0.25, 0.3) is 60.6 Å². The second-order valence-electron chi connectivity index (χ2n) is 24.9. The van der Waals surface area contributed by atoms with Gasteiger partial charge in [-0.05, 0) is 141 Å². The number of fused-ring (bicyclic) bond motifs is 15. The van der Waals surface area contributed by atoms with Crippen molar-refractivity contribution in [2.24, 2.45) is 0 Å². The van der Waals surface area contributed by atoms with Gasteiger partial charge in [-0.3, -0.25) is 0 Å². The van der Waals surface area contributed by atoms with Crippen molar-refractivity contribution in [3.63, 3.8) is 0 Å². The van der Waals surface area contributed by atoms with Crippen molar-refractivity contribution >= 4 is 106 Å². The highest BCUT2D eigenvalue weighted by atomic mass is 16.3. The topological polar surface area (TPSA) is 37.7 Å². The molecule has 0 bridgehead atoms. The number of anilines is 5. The number of furan rings is 2. The highest BCUT2D eigenvalue weighted by Gasteiger charge is 2.58. The molecule has 6 heteroatoms. The maximum Gasteiger partial charge on any atom is 0.252 e. The molecular weight excluding hydrogens is 854 g/mol. The molecule has 7 aromatic carbocycles. The zero-order valence-corrected chi connectivity index (χ0v) is 42.7. The number of rotatable bonds is 2. The molecule has 0 saturated heterocycles. The molecule has 10 aromatic rings. The molecule has 1 fully saturated rings. The maximum atomic E-state index is 7.01. The zero-order valence-electron chi connectivity index (χ0n) is 42.7. The Morgan fingerprint density at radius 2 is 1.17 bits per heavy atom. The summed E-state index contributed by atoms with van der Waals surface area (Å²) in [5.41, 5.74) is 22.6. The largest absolute Gasteiger partial charge is 0.456 e. The van der Waals surface area contributed by atoms with Gasteiger partial charge in [-0.1, -0.05) is 143 Å². The van der Waals surface area contributed by atoms with E-state index in [9.17, 15) is 0 Å². The number of hydrogen-bond acceptors (Lipinski definition) is 4. The first-order valence-corrected chi connectivity index (χ1v) is 25.8. The van der Waals surface area contributed by atoms with E-state index in [2.05, 4.69) is 218 Å². The van der Waals surface area contributed by atoms with Crippen LogP contribution < -0.4 is 26.2 Å². The van der Waals surface area contributed by atoms with E-state index in [-0.39, 0.29) is 33.9 Å². The summed E-state index contributed by atoms with van der Waals surface area (Å²) in [5.74, 6) is 0. The van der Waals surface area contributed by atoms with Crippen LogP contribution in [-0.2, 0) is 21.7 Å². The monoisotopic (exact) mass is 915 g/mol. The molecule has 5 nitrogen and oxygen atoms in total. The third-order valence-electron chi connectivity index (χ3n) is 17.8. The van der Waals surface area contributed by atoms with Crippen molar-refractivity contribution in [2.75, 3.05) is 9.80 Å². The lowest BCUT2D eigenvalue weighted by atomic mass is 9.33. The molecule has 348 valence electrons. The fourth-order valence-corrected chi connectivity index (χ4v) is 13.8. The molecule has 2 unspecified atom stereocenters. The van der Waals surface area contributed by atoms with Crippen LogP contribution in [-0.4, -0.2) is 16.8 Å². The van der Waals surface area contributed by atoms with Gasteiger partial charge in [-0.2, -0.15) is 0 Å². The van der Waals surface area contributed by atoms with Crippen LogP contribution >= 0.6 is 0 Å². The van der Waals surface area contributed by atoms with Crippen LogP contribution in [0.2, 0.25) is 0 Å². The molecule has 14 rings (SSSR count). The Bertz CT molecular complexity index is 3920. The van der Waals surface area contributed by atoms with E-state index in [4.69, 9.17) is 8.83 Å². The third kappa shape index (κ3) is 5.40. The van der Waals surface area contributed by atoms with Gasteiger partial charge in [0.25, 0.3) is 6.71 Å². The fourth-order valence-electron chi connectivity index (χ4n) is 13.8. The molecule has 2 atom stereocenters. The van der Waals surface area contributed by atoms with Crippen molar-refractivity contribution in [1.29, 1.82) is 0 Å². The highest BCUT2D eigenvalue weighted by Crippen LogP contribution is 2.62. The molecule has 0 radical (unpaired) electrons. The molecule has 0 N–H and O–H groups in total. The molecule has 0 amide bonds. The molecule has 70 heavy (non-hydrogen) atoms. The molecule has 0 spiro atoms. The van der Waals surface area contributed by atoms with Crippen molar-refractivity contribution in [1.82, 2.24) is 4.57 Å². The van der Waals surface area contributed by atoms with Crippen LogP contribution in [0.4, 0.5) is 28.4 Å². The summed E-state index contributed by atoms with van der Waals surface area (Å²) >= 11 is 0. The van der Waals surface area contributed by atoms with E-state index in [1.165, 1.54) is 97.2 Å². The quantitative estimate of drug-likeness (QED) is 0.162. The van der Waals surface area contributed by atoms with Gasteiger partial charge in [0.15, 0.2) is 5.58 Å². The standard InChI is InChI=1S/C64H62BN3O2/c1-60(2,3)37-25-28-47-44(32-37)63(10)29-16-17-30-64(63,11)68(47)40-26-27-45-49(36-40)66(48-21-18-24-54-55(48)41-19-12-14-22-52(41)69-54)50-34-39(62(7,8)9)35-51-56(50)65(45)46-33-38(61(4,5)6)31-43-57(46)67(51)58-42-20-13-15-23-53(42)70-59(43)58/h12-15,18-28,31-36H,16-17,29-30H2,1-11H3. The minimum atomic E-state index is -0.158. The summed E-state index contributed by atoms with van der Waals surface area (Å²) in [4.78, 5) is 5.41. The lowest BCUT2D eigenvalue weighted by Crippen LogP contribution is -2.61. The summed E-state index contributed by atoms with van der Waals surface area (Å²) < 4.78 is 16.3. The first-order chi connectivity index (χ1) is 33.3. The molecule has 1 aliphatic carbocycles. The predicted molar refractivity (Wildman–Crippen MR) is 296 cm³/mol. The summed E-state index contributed by atoms with van der Waals surface area (Å²) in [6.07, 6.45) is 4.79. The molecule has 4 aliphatic rings. The van der Waals surface area contributed by atoms with Gasteiger partial charge in [-0.15, -0.1) is 0 Å². The Hall–Kier alpha value is -6.66. The molecular formula is C64H62BN3O2. The van der Waals surface area contributed by atoms with Gasteiger partial charge in [0.2, 0.25) is 0 Å². The normalized spacial score (nSPS) is 19.7. The van der Waals surface area contributed by atoms with Crippen LogP contribution in [0.5, 0.6) is 0 Å².